The Hall–Kier alpha value is -0.570. The second kappa shape index (κ2) is 1.99. The highest BCUT2D eigenvalue weighted by atomic mass is 16.4. The van der Waals surface area contributed by atoms with Crippen LogP contribution in [0.25, 0.3) is 0 Å². The van der Waals surface area contributed by atoms with Gasteiger partial charge in [0.2, 0.25) is 0 Å². The molecule has 2 N–H and O–H groups in total. The number of oxime groups is 1. The van der Waals surface area contributed by atoms with E-state index in [-0.39, 0.29) is 0 Å². The summed E-state index contributed by atoms with van der Waals surface area (Å²) in [7, 11) is 0. The van der Waals surface area contributed by atoms with E-state index in [0.29, 0.717) is 5.71 Å². The monoisotopic (exact) mass is 129 g/mol. The van der Waals surface area contributed by atoms with E-state index in [4.69, 9.17) is 5.21 Å². The molecular weight excluding hydrogens is 118 g/mol. The summed E-state index contributed by atoms with van der Waals surface area (Å²) in [4.78, 5) is 0. The van der Waals surface area contributed by atoms with Crippen LogP contribution in [0.3, 0.4) is 0 Å². The number of aliphatic hydroxyl groups is 1. The van der Waals surface area contributed by atoms with Crippen LogP contribution in [0.5, 0.6) is 0 Å². The van der Waals surface area contributed by atoms with Gasteiger partial charge in [-0.3, -0.25) is 0 Å². The molecule has 0 saturated heterocycles. The predicted molar refractivity (Wildman–Crippen MR) is 33.7 cm³/mol. The average molecular weight is 129 g/mol. The number of hydrogen-bond acceptors (Lipinski definition) is 3. The topological polar surface area (TPSA) is 52.8 Å². The Kier molecular flexibility index (Phi) is 1.45. The van der Waals surface area contributed by atoms with Crippen molar-refractivity contribution in [1.29, 1.82) is 0 Å². The lowest BCUT2D eigenvalue weighted by Gasteiger charge is -2.35. The molecule has 3 heteroatoms. The third-order valence-electron chi connectivity index (χ3n) is 2.00. The fourth-order valence-electron chi connectivity index (χ4n) is 0.967. The second-order valence-electron chi connectivity index (χ2n) is 2.57. The summed E-state index contributed by atoms with van der Waals surface area (Å²) >= 11 is 0. The van der Waals surface area contributed by atoms with Crippen LogP contribution in [0.4, 0.5) is 0 Å². The fourth-order valence-corrected chi connectivity index (χ4v) is 0.967. The highest BCUT2D eigenvalue weighted by Crippen LogP contribution is 2.32. The number of rotatable bonds is 1. The first kappa shape index (κ1) is 6.55. The van der Waals surface area contributed by atoms with Gasteiger partial charge in [-0.15, -0.1) is 0 Å². The van der Waals surface area contributed by atoms with Crippen molar-refractivity contribution in [2.75, 3.05) is 0 Å². The molecule has 0 amide bonds. The summed E-state index contributed by atoms with van der Waals surface area (Å²) < 4.78 is 0. The van der Waals surface area contributed by atoms with Crippen molar-refractivity contribution in [3.05, 3.63) is 0 Å². The molecular formula is C6H11NO2. The molecule has 0 aromatic rings. The molecule has 1 fully saturated rings. The van der Waals surface area contributed by atoms with Crippen LogP contribution in [-0.4, -0.2) is 21.6 Å². The Bertz CT molecular complexity index is 138. The first-order valence-electron chi connectivity index (χ1n) is 3.10. The van der Waals surface area contributed by atoms with Crippen molar-refractivity contribution < 1.29 is 10.3 Å². The Morgan fingerprint density at radius 3 is 2.22 bits per heavy atom. The van der Waals surface area contributed by atoms with Crippen LogP contribution in [0.1, 0.15) is 26.2 Å². The van der Waals surface area contributed by atoms with Gasteiger partial charge >= 0.3 is 0 Å². The Labute approximate surface area is 54.0 Å². The molecule has 0 unspecified atom stereocenters. The minimum absolute atomic E-state index is 0.439. The first-order chi connectivity index (χ1) is 4.19. The fraction of sp³-hybridized carbons (Fsp3) is 0.833. The summed E-state index contributed by atoms with van der Waals surface area (Å²) in [6.07, 6.45) is 2.51. The quantitative estimate of drug-likeness (QED) is 0.312. The van der Waals surface area contributed by atoms with Crippen molar-refractivity contribution in [3.8, 4) is 0 Å². The van der Waals surface area contributed by atoms with Crippen LogP contribution < -0.4 is 0 Å². The van der Waals surface area contributed by atoms with Gasteiger partial charge in [-0.05, 0) is 26.2 Å². The van der Waals surface area contributed by atoms with E-state index in [1.165, 1.54) is 0 Å². The molecule has 3 nitrogen and oxygen atoms in total. The molecule has 1 rings (SSSR count). The highest BCUT2D eigenvalue weighted by Gasteiger charge is 2.37. The number of nitrogens with zero attached hydrogens (tertiary/aromatic N) is 1. The molecule has 1 aliphatic carbocycles. The highest BCUT2D eigenvalue weighted by molar-refractivity contribution is 5.90. The summed E-state index contributed by atoms with van der Waals surface area (Å²) in [6.45, 7) is 1.64. The number of hydrogen-bond donors (Lipinski definition) is 2. The third-order valence-corrected chi connectivity index (χ3v) is 2.00. The van der Waals surface area contributed by atoms with E-state index < -0.39 is 5.60 Å². The molecule has 0 heterocycles. The minimum Gasteiger partial charge on any atom is -0.411 e. The van der Waals surface area contributed by atoms with Crippen molar-refractivity contribution in [1.82, 2.24) is 0 Å². The summed E-state index contributed by atoms with van der Waals surface area (Å²) in [6, 6.07) is 0. The maximum Gasteiger partial charge on any atom is 0.106 e. The van der Waals surface area contributed by atoms with E-state index in [1.54, 1.807) is 6.92 Å². The molecule has 0 radical (unpaired) electrons. The molecule has 9 heavy (non-hydrogen) atoms. The lowest BCUT2D eigenvalue weighted by molar-refractivity contribution is 0.0305. The third kappa shape index (κ3) is 0.920. The molecule has 0 aromatic carbocycles. The van der Waals surface area contributed by atoms with Gasteiger partial charge in [-0.1, -0.05) is 5.16 Å². The van der Waals surface area contributed by atoms with Gasteiger partial charge in [-0.25, -0.2) is 0 Å². The van der Waals surface area contributed by atoms with Gasteiger partial charge in [0.1, 0.15) is 5.60 Å². The van der Waals surface area contributed by atoms with Gasteiger partial charge in [0, 0.05) is 0 Å². The van der Waals surface area contributed by atoms with Crippen LogP contribution in [0.15, 0.2) is 5.16 Å². The Balaban J connectivity index is 2.59. The first-order valence-corrected chi connectivity index (χ1v) is 3.10. The van der Waals surface area contributed by atoms with Crippen molar-refractivity contribution in [3.63, 3.8) is 0 Å². The smallest absolute Gasteiger partial charge is 0.106 e. The van der Waals surface area contributed by atoms with E-state index in [1.807, 2.05) is 0 Å². The zero-order chi connectivity index (χ0) is 6.91. The normalized spacial score (nSPS) is 25.3. The summed E-state index contributed by atoms with van der Waals surface area (Å²) in [5, 5.41) is 20.6. The van der Waals surface area contributed by atoms with Gasteiger partial charge in [-0.2, -0.15) is 0 Å². The largest absolute Gasteiger partial charge is 0.411 e. The van der Waals surface area contributed by atoms with Crippen molar-refractivity contribution >= 4 is 5.71 Å². The van der Waals surface area contributed by atoms with Crippen LogP contribution in [0, 0.1) is 0 Å². The summed E-state index contributed by atoms with van der Waals surface area (Å²) in [5.41, 5.74) is -0.330. The lowest BCUT2D eigenvalue weighted by Crippen LogP contribution is -2.43. The van der Waals surface area contributed by atoms with E-state index >= 15 is 0 Å². The summed E-state index contributed by atoms with van der Waals surface area (Å²) in [5.74, 6) is 0. The van der Waals surface area contributed by atoms with Crippen molar-refractivity contribution in [2.24, 2.45) is 5.16 Å². The van der Waals surface area contributed by atoms with E-state index in [2.05, 4.69) is 5.16 Å². The maximum atomic E-state index is 9.39. The second-order valence-corrected chi connectivity index (χ2v) is 2.57. The molecule has 0 aliphatic heterocycles. The molecule has 0 atom stereocenters. The Morgan fingerprint density at radius 1 is 1.56 bits per heavy atom. The van der Waals surface area contributed by atoms with Gasteiger partial charge in [0.05, 0.1) is 5.71 Å². The molecule has 52 valence electrons. The molecule has 1 aliphatic rings. The molecule has 1 saturated carbocycles. The predicted octanol–water partition coefficient (Wildman–Crippen LogP) is 0.752. The zero-order valence-electron chi connectivity index (χ0n) is 5.46. The van der Waals surface area contributed by atoms with Gasteiger partial charge < -0.3 is 10.3 Å². The van der Waals surface area contributed by atoms with Gasteiger partial charge in [0.25, 0.3) is 0 Å². The SMILES string of the molecule is CC(=NO)C1(O)CCC1. The standard InChI is InChI=1S/C6H11NO2/c1-5(7-9)6(8)3-2-4-6/h8-9H,2-4H2,1H3. The van der Waals surface area contributed by atoms with Crippen LogP contribution >= 0.6 is 0 Å². The minimum atomic E-state index is -0.769. The average Bonchev–Trinajstić information content (AvgIpc) is 1.81. The molecule has 0 bridgehead atoms. The van der Waals surface area contributed by atoms with Crippen LogP contribution in [-0.2, 0) is 0 Å². The Morgan fingerprint density at radius 2 is 2.11 bits per heavy atom. The molecule has 0 aromatic heterocycles. The van der Waals surface area contributed by atoms with Crippen LogP contribution in [0.2, 0.25) is 0 Å². The maximum absolute atomic E-state index is 9.39. The van der Waals surface area contributed by atoms with Crippen molar-refractivity contribution in [2.45, 2.75) is 31.8 Å². The van der Waals surface area contributed by atoms with E-state index in [9.17, 15) is 5.11 Å². The molecule has 0 spiro atoms. The lowest BCUT2D eigenvalue weighted by atomic mass is 9.77. The van der Waals surface area contributed by atoms with Gasteiger partial charge in [0.15, 0.2) is 0 Å². The van der Waals surface area contributed by atoms with E-state index in [0.717, 1.165) is 19.3 Å². The zero-order valence-corrected chi connectivity index (χ0v) is 5.46.